The fourth-order valence-electron chi connectivity index (χ4n) is 4.22. The molecule has 180 valence electrons. The summed E-state index contributed by atoms with van der Waals surface area (Å²) in [6.07, 6.45) is -1.69. The van der Waals surface area contributed by atoms with Crippen molar-refractivity contribution in [1.29, 1.82) is 0 Å². The van der Waals surface area contributed by atoms with Crippen LogP contribution in [-0.2, 0) is 12.7 Å². The van der Waals surface area contributed by atoms with Crippen molar-refractivity contribution in [3.05, 3.63) is 71.3 Å². The van der Waals surface area contributed by atoms with Crippen LogP contribution < -0.4 is 19.7 Å². The molecule has 1 aliphatic heterocycles. The summed E-state index contributed by atoms with van der Waals surface area (Å²) in [4.78, 5) is 9.96. The predicted octanol–water partition coefficient (Wildman–Crippen LogP) is 5.61. The van der Waals surface area contributed by atoms with Crippen molar-refractivity contribution in [3.63, 3.8) is 0 Å². The lowest BCUT2D eigenvalue weighted by molar-refractivity contribution is -0.137. The highest BCUT2D eigenvalue weighted by molar-refractivity contribution is 5.54. The van der Waals surface area contributed by atoms with Crippen molar-refractivity contribution in [2.75, 3.05) is 31.0 Å². The molecule has 0 spiro atoms. The summed E-state index contributed by atoms with van der Waals surface area (Å²) in [5.41, 5.74) is 0.720. The average Bonchev–Trinajstić information content (AvgIpc) is 3.32. The molecule has 1 unspecified atom stereocenters. The number of rotatable bonds is 7. The van der Waals surface area contributed by atoms with Gasteiger partial charge in [-0.2, -0.15) is 17.6 Å². The SMILES string of the molecule is COc1cccc(CNc2ncnc(N3CCCC3c3ccc(C(F)(F)F)cc3)c2F)c1OC. The molecule has 1 saturated heterocycles. The van der Waals surface area contributed by atoms with E-state index in [0.29, 0.717) is 30.0 Å². The number of methoxy groups -OCH3 is 2. The van der Waals surface area contributed by atoms with Crippen LogP contribution in [0.4, 0.5) is 29.2 Å². The van der Waals surface area contributed by atoms with Gasteiger partial charge in [-0.1, -0.05) is 24.3 Å². The van der Waals surface area contributed by atoms with E-state index >= 15 is 4.39 Å². The third-order valence-electron chi connectivity index (χ3n) is 5.85. The maximum Gasteiger partial charge on any atom is 0.416 e. The minimum atomic E-state index is -4.40. The highest BCUT2D eigenvalue weighted by Gasteiger charge is 2.33. The number of halogens is 4. The van der Waals surface area contributed by atoms with Crippen LogP contribution in [0.3, 0.4) is 0 Å². The maximum absolute atomic E-state index is 15.4. The smallest absolute Gasteiger partial charge is 0.416 e. The van der Waals surface area contributed by atoms with Crippen LogP contribution in [0.1, 0.15) is 35.6 Å². The van der Waals surface area contributed by atoms with E-state index in [1.165, 1.54) is 32.7 Å². The Hall–Kier alpha value is -3.56. The number of benzene rings is 2. The van der Waals surface area contributed by atoms with Crippen LogP contribution >= 0.6 is 0 Å². The van der Waals surface area contributed by atoms with Gasteiger partial charge in [0.1, 0.15) is 6.33 Å². The summed E-state index contributed by atoms with van der Waals surface area (Å²) in [6.45, 7) is 0.763. The molecule has 0 radical (unpaired) electrons. The normalized spacial score (nSPS) is 15.9. The van der Waals surface area contributed by atoms with E-state index in [9.17, 15) is 13.2 Å². The Balaban J connectivity index is 1.56. The Morgan fingerprint density at radius 1 is 1.06 bits per heavy atom. The van der Waals surface area contributed by atoms with Crippen LogP contribution in [0.15, 0.2) is 48.8 Å². The van der Waals surface area contributed by atoms with Crippen molar-refractivity contribution in [2.45, 2.75) is 31.6 Å². The van der Waals surface area contributed by atoms with Crippen LogP contribution in [-0.4, -0.2) is 30.7 Å². The third kappa shape index (κ3) is 4.71. The molecule has 0 saturated carbocycles. The number of hydrogen-bond donors (Lipinski definition) is 1. The minimum absolute atomic E-state index is 0.0212. The topological polar surface area (TPSA) is 59.5 Å². The van der Waals surface area contributed by atoms with Gasteiger partial charge in [-0.25, -0.2) is 9.97 Å². The van der Waals surface area contributed by atoms with Gasteiger partial charge >= 0.3 is 6.18 Å². The zero-order chi connectivity index (χ0) is 24.3. The van der Waals surface area contributed by atoms with Gasteiger partial charge in [-0.05, 0) is 36.6 Å². The third-order valence-corrected chi connectivity index (χ3v) is 5.85. The van der Waals surface area contributed by atoms with Gasteiger partial charge in [-0.15, -0.1) is 0 Å². The lowest BCUT2D eigenvalue weighted by Gasteiger charge is -2.27. The number of ether oxygens (including phenoxy) is 2. The fourth-order valence-corrected chi connectivity index (χ4v) is 4.22. The van der Waals surface area contributed by atoms with Gasteiger partial charge in [0.2, 0.25) is 5.82 Å². The first kappa shape index (κ1) is 23.6. The summed E-state index contributed by atoms with van der Waals surface area (Å²) in [5.74, 6) is 0.602. The molecule has 0 aliphatic carbocycles. The summed E-state index contributed by atoms with van der Waals surface area (Å²) in [5, 5.41) is 2.98. The Morgan fingerprint density at radius 3 is 2.50 bits per heavy atom. The summed E-state index contributed by atoms with van der Waals surface area (Å²) in [6, 6.07) is 10.1. The summed E-state index contributed by atoms with van der Waals surface area (Å²) >= 11 is 0. The van der Waals surface area contributed by atoms with E-state index in [4.69, 9.17) is 9.47 Å². The molecule has 4 rings (SSSR count). The van der Waals surface area contributed by atoms with Gasteiger partial charge in [0.05, 0.1) is 25.8 Å². The van der Waals surface area contributed by atoms with Crippen molar-refractivity contribution in [2.24, 2.45) is 0 Å². The molecule has 0 amide bonds. The Labute approximate surface area is 194 Å². The molecule has 6 nitrogen and oxygen atoms in total. The number of anilines is 2. The van der Waals surface area contributed by atoms with E-state index in [1.807, 2.05) is 6.07 Å². The van der Waals surface area contributed by atoms with Crippen LogP contribution in [0.25, 0.3) is 0 Å². The predicted molar refractivity (Wildman–Crippen MR) is 120 cm³/mol. The zero-order valence-electron chi connectivity index (χ0n) is 18.7. The van der Waals surface area contributed by atoms with Gasteiger partial charge < -0.3 is 19.7 Å². The van der Waals surface area contributed by atoms with Gasteiger partial charge in [0.15, 0.2) is 23.1 Å². The van der Waals surface area contributed by atoms with E-state index in [1.54, 1.807) is 17.0 Å². The van der Waals surface area contributed by atoms with Crippen molar-refractivity contribution < 1.29 is 27.0 Å². The fraction of sp³-hybridized carbons (Fsp3) is 0.333. The van der Waals surface area contributed by atoms with E-state index in [-0.39, 0.29) is 24.2 Å². The molecule has 1 aromatic heterocycles. The largest absolute Gasteiger partial charge is 0.493 e. The summed E-state index contributed by atoms with van der Waals surface area (Å²) in [7, 11) is 3.06. The number of hydrogen-bond acceptors (Lipinski definition) is 6. The Kier molecular flexibility index (Phi) is 6.76. The number of nitrogens with one attached hydrogen (secondary N) is 1. The second-order valence-electron chi connectivity index (χ2n) is 7.84. The molecular formula is C24H24F4N4O2. The van der Waals surface area contributed by atoms with Crippen LogP contribution in [0.2, 0.25) is 0 Å². The first-order valence-electron chi connectivity index (χ1n) is 10.7. The number of aromatic nitrogens is 2. The second-order valence-corrected chi connectivity index (χ2v) is 7.84. The second kappa shape index (κ2) is 9.74. The van der Waals surface area contributed by atoms with Crippen molar-refractivity contribution >= 4 is 11.6 Å². The quantitative estimate of drug-likeness (QED) is 0.448. The standard InChI is InChI=1S/C24H24F4N4O2/c1-33-19-7-3-5-16(21(19)34-2)13-29-22-20(25)23(31-14-30-22)32-12-4-6-18(32)15-8-10-17(11-9-15)24(26,27)28/h3,5,7-11,14,18H,4,6,12-13H2,1-2H3,(H,29,30,31). The molecule has 1 N–H and O–H groups in total. The maximum atomic E-state index is 15.4. The molecule has 0 bridgehead atoms. The number of nitrogens with zero attached hydrogens (tertiary/aromatic N) is 3. The number of alkyl halides is 3. The average molecular weight is 476 g/mol. The summed E-state index contributed by atoms with van der Waals surface area (Å²) < 4.78 is 64.9. The van der Waals surface area contributed by atoms with Crippen molar-refractivity contribution in [1.82, 2.24) is 9.97 Å². The molecule has 1 atom stereocenters. The first-order chi connectivity index (χ1) is 16.3. The Bertz CT molecular complexity index is 1140. The highest BCUT2D eigenvalue weighted by Crippen LogP contribution is 2.39. The van der Waals surface area contributed by atoms with Gasteiger partial charge in [-0.3, -0.25) is 0 Å². The molecule has 10 heteroatoms. The lowest BCUT2D eigenvalue weighted by Crippen LogP contribution is -2.25. The van der Waals surface area contributed by atoms with E-state index in [2.05, 4.69) is 15.3 Å². The van der Waals surface area contributed by atoms with Crippen LogP contribution in [0, 0.1) is 5.82 Å². The van der Waals surface area contributed by atoms with E-state index in [0.717, 1.165) is 24.1 Å². The Morgan fingerprint density at radius 2 is 1.82 bits per heavy atom. The molecule has 1 fully saturated rings. The number of para-hydroxylation sites is 1. The van der Waals surface area contributed by atoms with Gasteiger partial charge in [0, 0.05) is 18.7 Å². The van der Waals surface area contributed by atoms with Gasteiger partial charge in [0.25, 0.3) is 0 Å². The lowest BCUT2D eigenvalue weighted by atomic mass is 10.0. The zero-order valence-corrected chi connectivity index (χ0v) is 18.7. The highest BCUT2D eigenvalue weighted by atomic mass is 19.4. The first-order valence-corrected chi connectivity index (χ1v) is 10.7. The molecule has 2 heterocycles. The molecule has 1 aliphatic rings. The van der Waals surface area contributed by atoms with E-state index < -0.39 is 17.6 Å². The molecular weight excluding hydrogens is 452 g/mol. The van der Waals surface area contributed by atoms with Crippen molar-refractivity contribution in [3.8, 4) is 11.5 Å². The van der Waals surface area contributed by atoms with Crippen LogP contribution in [0.5, 0.6) is 11.5 Å². The molecule has 3 aromatic rings. The monoisotopic (exact) mass is 476 g/mol. The molecule has 2 aromatic carbocycles. The minimum Gasteiger partial charge on any atom is -0.493 e. The molecule has 34 heavy (non-hydrogen) atoms.